The molecule has 5 nitrogen and oxygen atoms in total. The van der Waals surface area contributed by atoms with Gasteiger partial charge in [-0.05, 0) is 19.8 Å². The molecule has 6 heteroatoms. The Hall–Kier alpha value is -0.750. The SMILES string of the molecule is CCc1nnc(N2CC(CBr)OCC2C)nc1CC. The number of hydrogen-bond donors (Lipinski definition) is 0. The molecule has 0 radical (unpaired) electrons. The zero-order valence-corrected chi connectivity index (χ0v) is 13.4. The van der Waals surface area contributed by atoms with Gasteiger partial charge in [0, 0.05) is 11.9 Å². The second-order valence-electron chi connectivity index (χ2n) is 4.82. The normalized spacial score (nSPS) is 23.7. The van der Waals surface area contributed by atoms with Crippen LogP contribution in [-0.4, -0.2) is 45.8 Å². The Kier molecular flexibility index (Phi) is 5.10. The molecular formula is C13H21BrN4O. The van der Waals surface area contributed by atoms with Gasteiger partial charge in [0.2, 0.25) is 5.95 Å². The van der Waals surface area contributed by atoms with Crippen molar-refractivity contribution in [2.45, 2.75) is 45.8 Å². The molecule has 0 saturated carbocycles. The van der Waals surface area contributed by atoms with Crippen molar-refractivity contribution in [3.05, 3.63) is 11.4 Å². The number of rotatable bonds is 4. The van der Waals surface area contributed by atoms with Crippen LogP contribution in [0.25, 0.3) is 0 Å². The molecule has 2 rings (SSSR count). The second kappa shape index (κ2) is 6.61. The first-order chi connectivity index (χ1) is 9.19. The van der Waals surface area contributed by atoms with Crippen molar-refractivity contribution in [3.8, 4) is 0 Å². The number of hydrogen-bond acceptors (Lipinski definition) is 5. The molecule has 0 aliphatic carbocycles. The molecule has 1 aromatic rings. The fourth-order valence-corrected chi connectivity index (χ4v) is 2.63. The number of anilines is 1. The Balaban J connectivity index is 2.24. The van der Waals surface area contributed by atoms with E-state index in [0.29, 0.717) is 6.61 Å². The number of halogens is 1. The summed E-state index contributed by atoms with van der Waals surface area (Å²) in [5.41, 5.74) is 2.06. The Morgan fingerprint density at radius 1 is 1.26 bits per heavy atom. The maximum absolute atomic E-state index is 5.73. The van der Waals surface area contributed by atoms with Gasteiger partial charge in [-0.2, -0.15) is 5.10 Å². The van der Waals surface area contributed by atoms with Gasteiger partial charge >= 0.3 is 0 Å². The average molecular weight is 329 g/mol. The van der Waals surface area contributed by atoms with Crippen LogP contribution in [-0.2, 0) is 17.6 Å². The summed E-state index contributed by atoms with van der Waals surface area (Å²) in [5, 5.41) is 9.45. The van der Waals surface area contributed by atoms with Gasteiger partial charge in [0.05, 0.1) is 30.1 Å². The van der Waals surface area contributed by atoms with E-state index >= 15 is 0 Å². The highest BCUT2D eigenvalue weighted by Gasteiger charge is 2.28. The fourth-order valence-electron chi connectivity index (χ4n) is 2.24. The van der Waals surface area contributed by atoms with E-state index in [4.69, 9.17) is 4.74 Å². The molecule has 0 bridgehead atoms. The van der Waals surface area contributed by atoms with Crippen LogP contribution < -0.4 is 4.90 Å². The minimum Gasteiger partial charge on any atom is -0.373 e. The van der Waals surface area contributed by atoms with Crippen LogP contribution in [0.5, 0.6) is 0 Å². The van der Waals surface area contributed by atoms with Gasteiger partial charge in [-0.1, -0.05) is 29.8 Å². The molecule has 1 aromatic heterocycles. The van der Waals surface area contributed by atoms with Gasteiger partial charge in [0.15, 0.2) is 0 Å². The predicted octanol–water partition coefficient (Wildman–Crippen LogP) is 1.98. The molecule has 2 atom stereocenters. The van der Waals surface area contributed by atoms with Gasteiger partial charge in [-0.15, -0.1) is 5.10 Å². The third kappa shape index (κ3) is 3.23. The van der Waals surface area contributed by atoms with Gasteiger partial charge in [0.1, 0.15) is 0 Å². The zero-order chi connectivity index (χ0) is 13.8. The van der Waals surface area contributed by atoms with E-state index in [1.54, 1.807) is 0 Å². The molecule has 2 unspecified atom stereocenters. The number of aromatic nitrogens is 3. The van der Waals surface area contributed by atoms with Crippen molar-refractivity contribution in [3.63, 3.8) is 0 Å². The van der Waals surface area contributed by atoms with E-state index in [1.807, 2.05) is 0 Å². The Bertz CT molecular complexity index is 429. The minimum atomic E-state index is 0.190. The van der Waals surface area contributed by atoms with E-state index in [9.17, 15) is 0 Å². The first-order valence-electron chi connectivity index (χ1n) is 6.86. The maximum Gasteiger partial charge on any atom is 0.246 e. The molecular weight excluding hydrogens is 308 g/mol. The van der Waals surface area contributed by atoms with E-state index in [1.165, 1.54) is 0 Å². The molecule has 1 saturated heterocycles. The van der Waals surface area contributed by atoms with Gasteiger partial charge in [-0.3, -0.25) is 0 Å². The van der Waals surface area contributed by atoms with Crippen LogP contribution in [0.2, 0.25) is 0 Å². The highest BCUT2D eigenvalue weighted by molar-refractivity contribution is 9.09. The van der Waals surface area contributed by atoms with E-state index in [0.717, 1.165) is 42.1 Å². The lowest BCUT2D eigenvalue weighted by Crippen LogP contribution is -2.49. The minimum absolute atomic E-state index is 0.190. The highest BCUT2D eigenvalue weighted by atomic mass is 79.9. The standard InChI is InChI=1S/C13H21BrN4O/c1-4-11-12(5-2)16-17-13(15-11)18-7-10(6-14)19-8-9(18)3/h9-10H,4-8H2,1-3H3. The molecule has 0 N–H and O–H groups in total. The molecule has 1 aliphatic heterocycles. The third-order valence-electron chi connectivity index (χ3n) is 3.43. The number of alkyl halides is 1. The monoisotopic (exact) mass is 328 g/mol. The molecule has 0 aromatic carbocycles. The van der Waals surface area contributed by atoms with Crippen molar-refractivity contribution < 1.29 is 4.74 Å². The summed E-state index contributed by atoms with van der Waals surface area (Å²) in [6, 6.07) is 0.286. The van der Waals surface area contributed by atoms with Crippen LogP contribution >= 0.6 is 15.9 Å². The van der Waals surface area contributed by atoms with Crippen molar-refractivity contribution in [1.29, 1.82) is 0 Å². The van der Waals surface area contributed by atoms with Crippen LogP contribution in [0, 0.1) is 0 Å². The summed E-state index contributed by atoms with van der Waals surface area (Å²) in [6.45, 7) is 7.84. The van der Waals surface area contributed by atoms with Gasteiger partial charge in [-0.25, -0.2) is 4.98 Å². The van der Waals surface area contributed by atoms with Crippen LogP contribution in [0.1, 0.15) is 32.2 Å². The van der Waals surface area contributed by atoms with E-state index in [2.05, 4.69) is 56.8 Å². The largest absolute Gasteiger partial charge is 0.373 e. The molecule has 106 valence electrons. The zero-order valence-electron chi connectivity index (χ0n) is 11.8. The lowest BCUT2D eigenvalue weighted by Gasteiger charge is -2.37. The number of aryl methyl sites for hydroxylation is 2. The van der Waals surface area contributed by atoms with Crippen molar-refractivity contribution in [2.24, 2.45) is 0 Å². The summed E-state index contributed by atoms with van der Waals surface area (Å²) in [7, 11) is 0. The third-order valence-corrected chi connectivity index (χ3v) is 4.15. The van der Waals surface area contributed by atoms with Crippen LogP contribution in [0.15, 0.2) is 0 Å². The summed E-state index contributed by atoms with van der Waals surface area (Å²) < 4.78 is 5.73. The molecule has 0 amide bonds. The van der Waals surface area contributed by atoms with Crippen LogP contribution in [0.3, 0.4) is 0 Å². The Morgan fingerprint density at radius 2 is 2.00 bits per heavy atom. The molecule has 1 fully saturated rings. The average Bonchev–Trinajstić information content (AvgIpc) is 2.47. The first kappa shape index (κ1) is 14.7. The van der Waals surface area contributed by atoms with Crippen molar-refractivity contribution >= 4 is 21.9 Å². The Morgan fingerprint density at radius 3 is 2.63 bits per heavy atom. The lowest BCUT2D eigenvalue weighted by atomic mass is 10.2. The molecule has 1 aliphatic rings. The molecule has 2 heterocycles. The van der Waals surface area contributed by atoms with Gasteiger partial charge < -0.3 is 9.64 Å². The van der Waals surface area contributed by atoms with E-state index < -0.39 is 0 Å². The summed E-state index contributed by atoms with van der Waals surface area (Å²) in [6.07, 6.45) is 1.97. The van der Waals surface area contributed by atoms with Crippen molar-refractivity contribution in [1.82, 2.24) is 15.2 Å². The lowest BCUT2D eigenvalue weighted by molar-refractivity contribution is 0.0372. The summed E-state index contributed by atoms with van der Waals surface area (Å²) >= 11 is 3.47. The maximum atomic E-state index is 5.73. The predicted molar refractivity (Wildman–Crippen MR) is 78.9 cm³/mol. The molecule has 0 spiro atoms. The quantitative estimate of drug-likeness (QED) is 0.791. The topological polar surface area (TPSA) is 51.1 Å². The number of morpholine rings is 1. The summed E-state index contributed by atoms with van der Waals surface area (Å²) in [4.78, 5) is 6.88. The van der Waals surface area contributed by atoms with Crippen LogP contribution in [0.4, 0.5) is 5.95 Å². The smallest absolute Gasteiger partial charge is 0.246 e. The summed E-state index contributed by atoms with van der Waals surface area (Å²) in [5.74, 6) is 0.732. The first-order valence-corrected chi connectivity index (χ1v) is 7.98. The van der Waals surface area contributed by atoms with Crippen molar-refractivity contribution in [2.75, 3.05) is 23.4 Å². The van der Waals surface area contributed by atoms with E-state index in [-0.39, 0.29) is 12.1 Å². The number of nitrogens with zero attached hydrogens (tertiary/aromatic N) is 4. The van der Waals surface area contributed by atoms with Gasteiger partial charge in [0.25, 0.3) is 0 Å². The highest BCUT2D eigenvalue weighted by Crippen LogP contribution is 2.19. The molecule has 19 heavy (non-hydrogen) atoms. The number of ether oxygens (including phenoxy) is 1. The Labute approximate surface area is 122 Å². The fraction of sp³-hybridized carbons (Fsp3) is 0.769. The second-order valence-corrected chi connectivity index (χ2v) is 5.47.